The van der Waals surface area contributed by atoms with Gasteiger partial charge in [-0.25, -0.2) is 0 Å². The normalized spacial score (nSPS) is 14.0. The van der Waals surface area contributed by atoms with Gasteiger partial charge in [-0.2, -0.15) is 23.8 Å². The second-order valence-electron chi connectivity index (χ2n) is 4.29. The van der Waals surface area contributed by atoms with Crippen molar-refractivity contribution in [1.29, 1.82) is 0 Å². The van der Waals surface area contributed by atoms with E-state index in [4.69, 9.17) is 16.3 Å². The van der Waals surface area contributed by atoms with E-state index in [0.29, 0.717) is 10.8 Å². The number of halogens is 1. The molecule has 1 radical (unpaired) electrons. The predicted molar refractivity (Wildman–Crippen MR) is 79.9 cm³/mol. The van der Waals surface area contributed by atoms with Gasteiger partial charge in [0.05, 0.1) is 0 Å². The summed E-state index contributed by atoms with van der Waals surface area (Å²) in [6.07, 6.45) is 4.87. The summed E-state index contributed by atoms with van der Waals surface area (Å²) in [5.41, 5.74) is 2.62. The van der Waals surface area contributed by atoms with Crippen molar-refractivity contribution in [1.82, 2.24) is 4.90 Å². The van der Waals surface area contributed by atoms with Crippen molar-refractivity contribution in [2.45, 2.75) is 13.8 Å². The van der Waals surface area contributed by atoms with E-state index in [9.17, 15) is 4.79 Å². The topological polar surface area (TPSA) is 29.5 Å². The molecule has 1 aliphatic rings. The molecule has 2 rings (SSSR count). The zero-order chi connectivity index (χ0) is 14.7. The summed E-state index contributed by atoms with van der Waals surface area (Å²) in [5.74, 6) is 0.188. The third-order valence-electron chi connectivity index (χ3n) is 2.91. The molecular weight excluding hydrogens is 363 g/mol. The van der Waals surface area contributed by atoms with Crippen molar-refractivity contribution in [2.75, 3.05) is 6.54 Å². The molecule has 5 heteroatoms. The van der Waals surface area contributed by atoms with E-state index in [2.05, 4.69) is 12.7 Å². The maximum Gasteiger partial charge on any atom is 0.308 e. The van der Waals surface area contributed by atoms with Crippen LogP contribution in [0.2, 0.25) is 0 Å². The van der Waals surface area contributed by atoms with Crippen molar-refractivity contribution in [2.24, 2.45) is 0 Å². The Morgan fingerprint density at radius 2 is 2.00 bits per heavy atom. The van der Waals surface area contributed by atoms with Crippen LogP contribution >= 0.6 is 11.6 Å². The fraction of sp³-hybridized carbons (Fsp3) is 0.188. The summed E-state index contributed by atoms with van der Waals surface area (Å²) in [6, 6.07) is 7.26. The monoisotopic (exact) mass is 377 g/mol. The van der Waals surface area contributed by atoms with Gasteiger partial charge in [0.15, 0.2) is 0 Å². The molecule has 0 saturated carbocycles. The Balaban J connectivity index is 0.00000220. The molecular formula is C16H15ClNO2Y-. The second-order valence-corrected chi connectivity index (χ2v) is 4.70. The smallest absolute Gasteiger partial charge is 0.308 e. The molecule has 0 fully saturated rings. The maximum atomic E-state index is 10.9. The first-order valence-electron chi connectivity index (χ1n) is 6.27. The minimum atomic E-state index is -0.334. The summed E-state index contributed by atoms with van der Waals surface area (Å²) in [4.78, 5) is 12.9. The van der Waals surface area contributed by atoms with E-state index in [0.717, 1.165) is 23.5 Å². The van der Waals surface area contributed by atoms with Crippen molar-refractivity contribution >= 4 is 23.3 Å². The van der Waals surface area contributed by atoms with Gasteiger partial charge in [0, 0.05) is 46.2 Å². The Morgan fingerprint density at radius 1 is 1.38 bits per heavy atom. The molecule has 0 saturated heterocycles. The molecule has 0 unspecified atom stereocenters. The molecule has 0 bridgehead atoms. The van der Waals surface area contributed by atoms with E-state index in [1.54, 1.807) is 18.2 Å². The van der Waals surface area contributed by atoms with Crippen LogP contribution in [-0.2, 0) is 37.5 Å². The Morgan fingerprint density at radius 3 is 2.52 bits per heavy atom. The van der Waals surface area contributed by atoms with Crippen molar-refractivity contribution in [3.63, 3.8) is 0 Å². The first-order valence-corrected chi connectivity index (χ1v) is 6.65. The minimum Gasteiger partial charge on any atom is -0.427 e. The number of allylic oxidation sites excluding steroid dienone is 3. The summed E-state index contributed by atoms with van der Waals surface area (Å²) >= 11 is 6.06. The van der Waals surface area contributed by atoms with Gasteiger partial charge in [0.1, 0.15) is 5.75 Å². The average Bonchev–Trinajstić information content (AvgIpc) is 2.42. The number of esters is 1. The molecule has 0 aliphatic carbocycles. The zero-order valence-corrected chi connectivity index (χ0v) is 15.6. The van der Waals surface area contributed by atoms with Crippen molar-refractivity contribution in [3.05, 3.63) is 59.3 Å². The first-order chi connectivity index (χ1) is 9.52. The van der Waals surface area contributed by atoms with Crippen LogP contribution in [0, 0.1) is 6.08 Å². The summed E-state index contributed by atoms with van der Waals surface area (Å²) in [5, 5.41) is 0.590. The van der Waals surface area contributed by atoms with Gasteiger partial charge in [-0.3, -0.25) is 4.79 Å². The Labute approximate surface area is 155 Å². The second kappa shape index (κ2) is 7.93. The average molecular weight is 378 g/mol. The number of hydrogen-bond acceptors (Lipinski definition) is 3. The summed E-state index contributed by atoms with van der Waals surface area (Å²) in [7, 11) is 0. The van der Waals surface area contributed by atoms with Crippen molar-refractivity contribution < 1.29 is 42.2 Å². The fourth-order valence-electron chi connectivity index (χ4n) is 1.99. The van der Waals surface area contributed by atoms with Crippen LogP contribution in [-0.4, -0.2) is 17.4 Å². The van der Waals surface area contributed by atoms with Gasteiger partial charge in [-0.1, -0.05) is 17.8 Å². The number of likely N-dealkylation sites (N-methyl/N-ethyl adjacent to an activating group) is 1. The Hall–Kier alpha value is -0.896. The fourth-order valence-corrected chi connectivity index (χ4v) is 2.15. The number of rotatable bonds is 3. The summed E-state index contributed by atoms with van der Waals surface area (Å²) < 4.78 is 5.02. The van der Waals surface area contributed by atoms with E-state index >= 15 is 0 Å². The van der Waals surface area contributed by atoms with Crippen LogP contribution in [0.25, 0.3) is 5.70 Å². The number of carbonyl (C=O) groups excluding carboxylic acids is 1. The molecule has 1 aliphatic heterocycles. The largest absolute Gasteiger partial charge is 0.427 e. The minimum absolute atomic E-state index is 0. The first kappa shape index (κ1) is 18.2. The summed E-state index contributed by atoms with van der Waals surface area (Å²) in [6.45, 7) is 8.12. The van der Waals surface area contributed by atoms with Gasteiger partial charge >= 0.3 is 5.97 Å². The van der Waals surface area contributed by atoms with Gasteiger partial charge in [0.2, 0.25) is 0 Å². The molecule has 3 nitrogen and oxygen atoms in total. The number of hydrogen-bond donors (Lipinski definition) is 0. The zero-order valence-electron chi connectivity index (χ0n) is 12.0. The van der Waals surface area contributed by atoms with Crippen LogP contribution in [0.3, 0.4) is 0 Å². The molecule has 0 N–H and O–H groups in total. The van der Waals surface area contributed by atoms with Crippen LogP contribution in [0.1, 0.15) is 19.4 Å². The molecule has 1 aromatic carbocycles. The molecule has 0 aromatic heterocycles. The Bertz CT molecular complexity index is 605. The Kier molecular flexibility index (Phi) is 6.85. The molecule has 0 spiro atoms. The van der Waals surface area contributed by atoms with E-state index < -0.39 is 0 Å². The third-order valence-corrected chi connectivity index (χ3v) is 3.24. The van der Waals surface area contributed by atoms with Crippen LogP contribution in [0.5, 0.6) is 5.75 Å². The number of nitrogens with zero attached hydrogens (tertiary/aromatic N) is 1. The predicted octanol–water partition coefficient (Wildman–Crippen LogP) is 3.73. The van der Waals surface area contributed by atoms with Crippen LogP contribution < -0.4 is 4.74 Å². The molecule has 107 valence electrons. The van der Waals surface area contributed by atoms with Gasteiger partial charge in [0.25, 0.3) is 0 Å². The maximum absolute atomic E-state index is 10.9. The van der Waals surface area contributed by atoms with Gasteiger partial charge < -0.3 is 9.64 Å². The van der Waals surface area contributed by atoms with Crippen LogP contribution in [0.4, 0.5) is 0 Å². The van der Waals surface area contributed by atoms with Gasteiger partial charge in [-0.15, -0.1) is 12.1 Å². The van der Waals surface area contributed by atoms with Crippen molar-refractivity contribution in [3.8, 4) is 5.75 Å². The van der Waals surface area contributed by atoms with E-state index in [1.165, 1.54) is 6.92 Å². The quantitative estimate of drug-likeness (QED) is 0.457. The number of ether oxygens (including phenoxy) is 1. The molecule has 21 heavy (non-hydrogen) atoms. The van der Waals surface area contributed by atoms with Gasteiger partial charge in [-0.05, 0) is 29.8 Å². The SMILES string of the molecule is C=C1C(Cl)=C[C-]=C(c2ccc(OC(C)=O)cc2)N1CC.[Y]. The molecule has 1 aromatic rings. The van der Waals surface area contributed by atoms with E-state index in [1.807, 2.05) is 24.0 Å². The molecule has 0 atom stereocenters. The molecule has 1 heterocycles. The van der Waals surface area contributed by atoms with Crippen LogP contribution in [0.15, 0.2) is 47.6 Å². The standard InChI is InChI=1S/C16H15ClNO2.Y/c1-4-18-11(2)15(17)9-10-16(18)13-5-7-14(8-6-13)20-12(3)19;/h5-9H,2,4H2,1,3H3;/q-1;. The molecule has 0 amide bonds. The number of benzene rings is 1. The third kappa shape index (κ3) is 4.29. The van der Waals surface area contributed by atoms with E-state index in [-0.39, 0.29) is 38.7 Å². The number of carbonyl (C=O) groups is 1.